The number of anilines is 1. The molecule has 49 heavy (non-hydrogen) atoms. The summed E-state index contributed by atoms with van der Waals surface area (Å²) in [5, 5.41) is 22.8. The molecule has 3 amide bonds. The lowest BCUT2D eigenvalue weighted by Gasteiger charge is -2.28. The van der Waals surface area contributed by atoms with Gasteiger partial charge in [0.1, 0.15) is 11.8 Å². The van der Waals surface area contributed by atoms with Gasteiger partial charge < -0.3 is 32.2 Å². The van der Waals surface area contributed by atoms with E-state index in [0.717, 1.165) is 53.5 Å². The van der Waals surface area contributed by atoms with E-state index in [1.165, 1.54) is 0 Å². The van der Waals surface area contributed by atoms with Crippen molar-refractivity contribution in [2.45, 2.75) is 45.1 Å². The zero-order valence-corrected chi connectivity index (χ0v) is 28.5. The van der Waals surface area contributed by atoms with Crippen molar-refractivity contribution in [2.75, 3.05) is 32.1 Å². The third kappa shape index (κ3) is 9.40. The first-order valence-electron chi connectivity index (χ1n) is 16.2. The highest BCUT2D eigenvalue weighted by molar-refractivity contribution is 5.98. The van der Waals surface area contributed by atoms with Crippen LogP contribution in [0.5, 0.6) is 5.75 Å². The topological polar surface area (TPSA) is 203 Å². The molecule has 14 heteroatoms. The van der Waals surface area contributed by atoms with Crippen molar-refractivity contribution in [2.24, 2.45) is 23.3 Å². The molecule has 1 aliphatic carbocycles. The molecule has 0 spiro atoms. The fraction of sp³-hybridized carbons (Fsp3) is 0.371. The van der Waals surface area contributed by atoms with Crippen LogP contribution in [0.25, 0.3) is 22.5 Å². The van der Waals surface area contributed by atoms with Gasteiger partial charge in [0.15, 0.2) is 0 Å². The number of nitrogens with zero attached hydrogens (tertiary/aromatic N) is 3. The van der Waals surface area contributed by atoms with Gasteiger partial charge in [0, 0.05) is 47.8 Å². The molecule has 8 N–H and O–H groups in total. The number of nitrogens with two attached hydrogens (primary N) is 2. The Morgan fingerprint density at radius 2 is 1.73 bits per heavy atom. The van der Waals surface area contributed by atoms with Gasteiger partial charge in [-0.2, -0.15) is 5.21 Å². The number of carbonyl (C=O) groups excluding carboxylic acids is 3. The molecule has 1 aromatic heterocycles. The van der Waals surface area contributed by atoms with Gasteiger partial charge in [-0.15, -0.1) is 22.6 Å². The SMILES string of the molecule is COc1ccc(C[C@H](NC(=O)C2CCC(CN)CC2)C(=O)Nc2ccc(-c3nn[nH]n3)cc2)cc1-c1ccc(C(=O)NCCN)cc1C.Cl. The summed E-state index contributed by atoms with van der Waals surface area (Å²) in [5.74, 6) is 0.675. The van der Waals surface area contributed by atoms with Gasteiger partial charge in [-0.1, -0.05) is 12.1 Å². The first kappa shape index (κ1) is 37.0. The average Bonchev–Trinajstić information content (AvgIpc) is 3.66. The Balaban J connectivity index is 0.00000541. The minimum Gasteiger partial charge on any atom is -0.496 e. The fourth-order valence-electron chi connectivity index (χ4n) is 6.10. The molecule has 0 saturated heterocycles. The molecular formula is C35H44ClN9O4. The smallest absolute Gasteiger partial charge is 0.251 e. The molecule has 0 aliphatic heterocycles. The molecular weight excluding hydrogens is 646 g/mol. The van der Waals surface area contributed by atoms with E-state index in [2.05, 4.69) is 36.6 Å². The van der Waals surface area contributed by atoms with Crippen molar-refractivity contribution in [1.82, 2.24) is 31.3 Å². The molecule has 3 aromatic carbocycles. The number of halogens is 1. The number of tetrazole rings is 1. The van der Waals surface area contributed by atoms with E-state index in [1.807, 2.05) is 37.3 Å². The molecule has 4 aromatic rings. The van der Waals surface area contributed by atoms with Crippen LogP contribution in [0, 0.1) is 18.8 Å². The summed E-state index contributed by atoms with van der Waals surface area (Å²) < 4.78 is 5.70. The second-order valence-electron chi connectivity index (χ2n) is 12.1. The zero-order chi connectivity index (χ0) is 34.0. The molecule has 0 unspecified atom stereocenters. The highest BCUT2D eigenvalue weighted by atomic mass is 35.5. The first-order valence-corrected chi connectivity index (χ1v) is 16.2. The molecule has 5 rings (SSSR count). The van der Waals surface area contributed by atoms with Crippen molar-refractivity contribution >= 4 is 35.8 Å². The van der Waals surface area contributed by atoms with E-state index in [0.29, 0.717) is 48.4 Å². The number of H-pyrrole nitrogens is 1. The Bertz CT molecular complexity index is 1710. The second kappa shape index (κ2) is 17.5. The van der Waals surface area contributed by atoms with Crippen molar-refractivity contribution in [1.29, 1.82) is 0 Å². The number of aryl methyl sites for hydroxylation is 1. The second-order valence-corrected chi connectivity index (χ2v) is 12.1. The maximum Gasteiger partial charge on any atom is 0.251 e. The van der Waals surface area contributed by atoms with Gasteiger partial charge >= 0.3 is 0 Å². The predicted octanol–water partition coefficient (Wildman–Crippen LogP) is 3.39. The number of nitrogens with one attached hydrogen (secondary N) is 4. The number of hydrogen-bond donors (Lipinski definition) is 6. The maximum absolute atomic E-state index is 13.8. The number of ether oxygens (including phenoxy) is 1. The van der Waals surface area contributed by atoms with Gasteiger partial charge in [0.25, 0.3) is 5.91 Å². The lowest BCUT2D eigenvalue weighted by atomic mass is 9.81. The monoisotopic (exact) mass is 689 g/mol. The van der Waals surface area contributed by atoms with Crippen molar-refractivity contribution < 1.29 is 19.1 Å². The van der Waals surface area contributed by atoms with Crippen LogP contribution in [-0.2, 0) is 16.0 Å². The molecule has 13 nitrogen and oxygen atoms in total. The Hall–Kier alpha value is -4.85. The van der Waals surface area contributed by atoms with E-state index < -0.39 is 6.04 Å². The predicted molar refractivity (Wildman–Crippen MR) is 190 cm³/mol. The van der Waals surface area contributed by atoms with E-state index in [9.17, 15) is 14.4 Å². The van der Waals surface area contributed by atoms with Crippen LogP contribution >= 0.6 is 12.4 Å². The Labute approximate surface area is 291 Å². The maximum atomic E-state index is 13.8. The summed E-state index contributed by atoms with van der Waals surface area (Å²) in [5.41, 5.74) is 16.6. The van der Waals surface area contributed by atoms with E-state index >= 15 is 0 Å². The summed E-state index contributed by atoms with van der Waals surface area (Å²) in [6.45, 7) is 3.30. The number of methoxy groups -OCH3 is 1. The van der Waals surface area contributed by atoms with E-state index in [-0.39, 0.29) is 42.5 Å². The Morgan fingerprint density at radius 1 is 0.980 bits per heavy atom. The number of amides is 3. The molecule has 1 heterocycles. The highest BCUT2D eigenvalue weighted by Gasteiger charge is 2.30. The van der Waals surface area contributed by atoms with E-state index in [1.54, 1.807) is 37.4 Å². The molecule has 1 aliphatic rings. The van der Waals surface area contributed by atoms with Crippen LogP contribution in [0.1, 0.15) is 47.2 Å². The van der Waals surface area contributed by atoms with E-state index in [4.69, 9.17) is 16.2 Å². The minimum atomic E-state index is -0.849. The quantitative estimate of drug-likeness (QED) is 0.122. The summed E-state index contributed by atoms with van der Waals surface area (Å²) in [6, 6.07) is 17.4. The van der Waals surface area contributed by atoms with Gasteiger partial charge in [0.2, 0.25) is 17.6 Å². The summed E-state index contributed by atoms with van der Waals surface area (Å²) >= 11 is 0. The Kier molecular flexibility index (Phi) is 13.2. The summed E-state index contributed by atoms with van der Waals surface area (Å²) in [6.07, 6.45) is 3.52. The molecule has 0 radical (unpaired) electrons. The largest absolute Gasteiger partial charge is 0.496 e. The van der Waals surface area contributed by atoms with Crippen molar-refractivity contribution in [3.63, 3.8) is 0 Å². The third-order valence-corrected chi connectivity index (χ3v) is 8.85. The molecule has 1 saturated carbocycles. The summed E-state index contributed by atoms with van der Waals surface area (Å²) in [7, 11) is 1.60. The van der Waals surface area contributed by atoms with Gasteiger partial charge in [0.05, 0.1) is 7.11 Å². The Morgan fingerprint density at radius 3 is 2.37 bits per heavy atom. The van der Waals surface area contributed by atoms with Crippen LogP contribution in [-0.4, -0.2) is 71.1 Å². The number of aromatic amines is 1. The average molecular weight is 690 g/mol. The standard InChI is InChI=1S/C35H43N9O4.ClH/c1-21-17-26(33(45)38-16-15-36)10-13-28(21)29-18-23(5-14-31(29)48-2)19-30(40-34(46)25-6-3-22(20-37)4-7-25)35(47)39-27-11-8-24(9-12-27)32-41-43-44-42-32;/h5,8-14,17-18,22,25,30H,3-4,6-7,15-16,19-20,36-37H2,1-2H3,(H,38,45)(H,39,47)(H,40,46)(H,41,42,43,44);1H/t22?,25?,30-;/m0./s1. The number of rotatable bonds is 13. The first-order chi connectivity index (χ1) is 23.3. The number of hydrogen-bond acceptors (Lipinski definition) is 9. The lowest BCUT2D eigenvalue weighted by molar-refractivity contribution is -0.130. The summed E-state index contributed by atoms with van der Waals surface area (Å²) in [4.78, 5) is 39.8. The van der Waals surface area contributed by atoms with Gasteiger partial charge in [-0.25, -0.2) is 0 Å². The molecule has 1 atom stereocenters. The highest BCUT2D eigenvalue weighted by Crippen LogP contribution is 2.34. The van der Waals surface area contributed by atoms with Crippen LogP contribution in [0.2, 0.25) is 0 Å². The number of carbonyl (C=O) groups is 3. The van der Waals surface area contributed by atoms with Crippen LogP contribution in [0.3, 0.4) is 0 Å². The zero-order valence-electron chi connectivity index (χ0n) is 27.7. The van der Waals surface area contributed by atoms with Crippen molar-refractivity contribution in [3.8, 4) is 28.3 Å². The normalized spacial score (nSPS) is 16.2. The number of aromatic nitrogens is 4. The van der Waals surface area contributed by atoms with Gasteiger partial charge in [-0.05, 0) is 116 Å². The molecule has 1 fully saturated rings. The molecule has 0 bridgehead atoms. The van der Waals surface area contributed by atoms with Crippen LogP contribution in [0.15, 0.2) is 60.7 Å². The van der Waals surface area contributed by atoms with Gasteiger partial charge in [-0.3, -0.25) is 14.4 Å². The molecule has 260 valence electrons. The minimum absolute atomic E-state index is 0. The lowest BCUT2D eigenvalue weighted by Crippen LogP contribution is -2.48. The van der Waals surface area contributed by atoms with Crippen LogP contribution < -0.4 is 32.2 Å². The van der Waals surface area contributed by atoms with Crippen molar-refractivity contribution in [3.05, 3.63) is 77.4 Å². The number of benzene rings is 3. The third-order valence-electron chi connectivity index (χ3n) is 8.85. The van der Waals surface area contributed by atoms with Crippen LogP contribution in [0.4, 0.5) is 5.69 Å². The fourth-order valence-corrected chi connectivity index (χ4v) is 6.10.